The fourth-order valence-electron chi connectivity index (χ4n) is 1.28. The van der Waals surface area contributed by atoms with Gasteiger partial charge in [0.2, 0.25) is 5.91 Å². The third-order valence-corrected chi connectivity index (χ3v) is 2.09. The molecule has 0 saturated carbocycles. The lowest BCUT2D eigenvalue weighted by molar-refractivity contribution is -0.146. The van der Waals surface area contributed by atoms with Crippen LogP contribution in [-0.4, -0.2) is 46.8 Å². The highest BCUT2D eigenvalue weighted by Crippen LogP contribution is 2.04. The van der Waals surface area contributed by atoms with Crippen LogP contribution in [0, 0.1) is 5.92 Å². The maximum absolute atomic E-state index is 11.7. The molecule has 0 aromatic carbocycles. The molecule has 0 bridgehead atoms. The van der Waals surface area contributed by atoms with Gasteiger partial charge in [0.1, 0.15) is 6.04 Å². The zero-order chi connectivity index (χ0) is 14.3. The van der Waals surface area contributed by atoms with Crippen LogP contribution in [0.15, 0.2) is 0 Å². The second-order valence-corrected chi connectivity index (χ2v) is 4.29. The Bertz CT molecular complexity index is 319. The van der Waals surface area contributed by atoms with E-state index in [-0.39, 0.29) is 5.92 Å². The Morgan fingerprint density at radius 2 is 1.83 bits per heavy atom. The molecule has 0 fully saturated rings. The minimum absolute atomic E-state index is 0.136. The third-order valence-electron chi connectivity index (χ3n) is 2.09. The first-order valence-corrected chi connectivity index (χ1v) is 5.48. The molecule has 0 aliphatic heterocycles. The van der Waals surface area contributed by atoms with Gasteiger partial charge in [-0.25, -0.2) is 9.59 Å². The maximum Gasteiger partial charge on any atom is 0.334 e. The molecule has 0 spiro atoms. The highest BCUT2D eigenvalue weighted by atomic mass is 16.4. The number of nitrogens with one attached hydrogen (secondary N) is 2. The van der Waals surface area contributed by atoms with Crippen molar-refractivity contribution >= 4 is 17.9 Å². The Hall–Kier alpha value is -1.83. The molecule has 0 aromatic rings. The number of primary amides is 1. The number of amides is 3. The first-order chi connectivity index (χ1) is 8.23. The van der Waals surface area contributed by atoms with E-state index in [0.29, 0.717) is 6.42 Å². The summed E-state index contributed by atoms with van der Waals surface area (Å²) >= 11 is 0. The van der Waals surface area contributed by atoms with Crippen LogP contribution in [0.3, 0.4) is 0 Å². The Morgan fingerprint density at radius 1 is 1.28 bits per heavy atom. The molecule has 8 heteroatoms. The van der Waals surface area contributed by atoms with Crippen LogP contribution in [0.5, 0.6) is 0 Å². The highest BCUT2D eigenvalue weighted by Gasteiger charge is 2.22. The number of hydrogen-bond donors (Lipinski definition) is 5. The van der Waals surface area contributed by atoms with Gasteiger partial charge in [0.05, 0.1) is 6.54 Å². The van der Waals surface area contributed by atoms with Crippen molar-refractivity contribution in [2.45, 2.75) is 32.4 Å². The highest BCUT2D eigenvalue weighted by molar-refractivity contribution is 5.86. The number of aliphatic hydroxyl groups is 1. The number of carbonyl (C=O) groups excluding carboxylic acids is 2. The van der Waals surface area contributed by atoms with E-state index in [1.165, 1.54) is 0 Å². The van der Waals surface area contributed by atoms with Crippen LogP contribution in [0.2, 0.25) is 0 Å². The summed E-state index contributed by atoms with van der Waals surface area (Å²) in [6, 6.07) is -1.68. The van der Waals surface area contributed by atoms with Gasteiger partial charge in [0.15, 0.2) is 6.10 Å². The summed E-state index contributed by atoms with van der Waals surface area (Å²) in [6.45, 7) is 3.29. The minimum atomic E-state index is -1.68. The summed E-state index contributed by atoms with van der Waals surface area (Å²) < 4.78 is 0. The number of aliphatic carboxylic acids is 1. The molecule has 0 aromatic heterocycles. The van der Waals surface area contributed by atoms with Gasteiger partial charge in [-0.05, 0) is 12.3 Å². The van der Waals surface area contributed by atoms with Crippen molar-refractivity contribution in [2.24, 2.45) is 11.7 Å². The Labute approximate surface area is 105 Å². The number of carboxylic acid groups (broad SMARTS) is 1. The molecule has 8 nitrogen and oxygen atoms in total. The van der Waals surface area contributed by atoms with Crippen LogP contribution in [0.25, 0.3) is 0 Å². The standard InChI is InChI=1S/C10H19N3O5/c1-5(2)3-6(13-10(11)18)8(15)12-4-7(14)9(16)17/h5-7,14H,3-4H2,1-2H3,(H,12,15)(H,16,17)(H3,11,13,18). The lowest BCUT2D eigenvalue weighted by Gasteiger charge is -2.19. The smallest absolute Gasteiger partial charge is 0.334 e. The number of rotatable bonds is 7. The number of urea groups is 1. The molecule has 2 unspecified atom stereocenters. The lowest BCUT2D eigenvalue weighted by atomic mass is 10.0. The van der Waals surface area contributed by atoms with Gasteiger partial charge in [-0.15, -0.1) is 0 Å². The zero-order valence-electron chi connectivity index (χ0n) is 10.3. The van der Waals surface area contributed by atoms with E-state index in [9.17, 15) is 14.4 Å². The van der Waals surface area contributed by atoms with Gasteiger partial charge in [0.25, 0.3) is 0 Å². The molecule has 6 N–H and O–H groups in total. The van der Waals surface area contributed by atoms with E-state index in [4.69, 9.17) is 15.9 Å². The average Bonchev–Trinajstić information content (AvgIpc) is 2.22. The van der Waals surface area contributed by atoms with Gasteiger partial charge >= 0.3 is 12.0 Å². The van der Waals surface area contributed by atoms with E-state index in [1.54, 1.807) is 0 Å². The average molecular weight is 261 g/mol. The van der Waals surface area contributed by atoms with Crippen LogP contribution in [0.1, 0.15) is 20.3 Å². The SMILES string of the molecule is CC(C)CC(NC(N)=O)C(=O)NCC(O)C(=O)O. The molecule has 0 aliphatic rings. The predicted octanol–water partition coefficient (Wildman–Crippen LogP) is -1.37. The number of nitrogens with two attached hydrogens (primary N) is 1. The molecule has 0 saturated heterocycles. The van der Waals surface area contributed by atoms with Crippen molar-refractivity contribution in [3.05, 3.63) is 0 Å². The molecule has 3 amide bonds. The summed E-state index contributed by atoms with van der Waals surface area (Å²) in [5.41, 5.74) is 4.94. The van der Waals surface area contributed by atoms with Crippen molar-refractivity contribution in [2.75, 3.05) is 6.54 Å². The van der Waals surface area contributed by atoms with E-state index in [2.05, 4.69) is 10.6 Å². The number of carboxylic acids is 1. The monoisotopic (exact) mass is 261 g/mol. The van der Waals surface area contributed by atoms with Crippen LogP contribution in [0.4, 0.5) is 4.79 Å². The van der Waals surface area contributed by atoms with Gasteiger partial charge < -0.3 is 26.6 Å². The fraction of sp³-hybridized carbons (Fsp3) is 0.700. The van der Waals surface area contributed by atoms with Crippen LogP contribution >= 0.6 is 0 Å². The van der Waals surface area contributed by atoms with E-state index in [0.717, 1.165) is 0 Å². The van der Waals surface area contributed by atoms with Crippen molar-refractivity contribution in [1.29, 1.82) is 0 Å². The van der Waals surface area contributed by atoms with E-state index < -0.39 is 36.6 Å². The van der Waals surface area contributed by atoms with Crippen LogP contribution in [-0.2, 0) is 9.59 Å². The van der Waals surface area contributed by atoms with Gasteiger partial charge in [-0.2, -0.15) is 0 Å². The molecule has 18 heavy (non-hydrogen) atoms. The first-order valence-electron chi connectivity index (χ1n) is 5.48. The van der Waals surface area contributed by atoms with Crippen LogP contribution < -0.4 is 16.4 Å². The number of hydrogen-bond acceptors (Lipinski definition) is 4. The summed E-state index contributed by atoms with van der Waals surface area (Å²) in [5, 5.41) is 21.9. The molecule has 2 atom stereocenters. The predicted molar refractivity (Wildman–Crippen MR) is 62.6 cm³/mol. The zero-order valence-corrected chi connectivity index (χ0v) is 10.3. The first kappa shape index (κ1) is 16.2. The van der Waals surface area contributed by atoms with Gasteiger partial charge in [0, 0.05) is 0 Å². The van der Waals surface area contributed by atoms with Gasteiger partial charge in [-0.1, -0.05) is 13.8 Å². The summed E-state index contributed by atoms with van der Waals surface area (Å²) in [5.74, 6) is -1.88. The normalized spacial score (nSPS) is 13.8. The van der Waals surface area contributed by atoms with Crippen molar-refractivity contribution < 1.29 is 24.6 Å². The van der Waals surface area contributed by atoms with E-state index >= 15 is 0 Å². The summed E-state index contributed by atoms with van der Waals surface area (Å²) in [4.78, 5) is 32.7. The molecule has 104 valence electrons. The summed E-state index contributed by atoms with van der Waals surface area (Å²) in [7, 11) is 0. The largest absolute Gasteiger partial charge is 0.479 e. The molecule has 0 aliphatic carbocycles. The summed E-state index contributed by atoms with van der Waals surface area (Å²) in [6.07, 6.45) is -1.32. The van der Waals surface area contributed by atoms with E-state index in [1.807, 2.05) is 13.8 Å². The molecule has 0 radical (unpaired) electrons. The fourth-order valence-corrected chi connectivity index (χ4v) is 1.28. The Kier molecular flexibility index (Phi) is 6.73. The Balaban J connectivity index is 4.37. The third kappa shape index (κ3) is 6.69. The quantitative estimate of drug-likeness (QED) is 0.384. The van der Waals surface area contributed by atoms with Crippen molar-refractivity contribution in [3.63, 3.8) is 0 Å². The Morgan fingerprint density at radius 3 is 2.22 bits per heavy atom. The molecular weight excluding hydrogens is 242 g/mol. The molecule has 0 rings (SSSR count). The lowest BCUT2D eigenvalue weighted by Crippen LogP contribution is -2.51. The second-order valence-electron chi connectivity index (χ2n) is 4.29. The maximum atomic E-state index is 11.7. The van der Waals surface area contributed by atoms with Crippen molar-refractivity contribution in [1.82, 2.24) is 10.6 Å². The number of carbonyl (C=O) groups is 3. The topological polar surface area (TPSA) is 142 Å². The van der Waals surface area contributed by atoms with Crippen molar-refractivity contribution in [3.8, 4) is 0 Å². The molecule has 0 heterocycles. The minimum Gasteiger partial charge on any atom is -0.479 e. The second kappa shape index (κ2) is 7.49. The molecular formula is C10H19N3O5. The van der Waals surface area contributed by atoms with Gasteiger partial charge in [-0.3, -0.25) is 4.79 Å². The number of aliphatic hydroxyl groups excluding tert-OH is 1.